The molecule has 4 aromatic rings. The number of sulfonamides is 1. The molecule has 2 unspecified atom stereocenters. The minimum absolute atomic E-state index is 0.143. The Bertz CT molecular complexity index is 1430. The third kappa shape index (κ3) is 5.16. The van der Waals surface area contributed by atoms with Gasteiger partial charge in [-0.05, 0) is 30.4 Å². The molecule has 2 atom stereocenters. The van der Waals surface area contributed by atoms with Gasteiger partial charge in [0.15, 0.2) is 0 Å². The van der Waals surface area contributed by atoms with Gasteiger partial charge < -0.3 is 0 Å². The smallest absolute Gasteiger partial charge is 0.244 e. The Morgan fingerprint density at radius 3 is 2.53 bits per heavy atom. The van der Waals surface area contributed by atoms with E-state index in [2.05, 4.69) is 20.2 Å². The van der Waals surface area contributed by atoms with Crippen molar-refractivity contribution in [1.29, 1.82) is 0 Å². The van der Waals surface area contributed by atoms with Crippen molar-refractivity contribution >= 4 is 43.2 Å². The second-order valence-electron chi connectivity index (χ2n) is 8.23. The van der Waals surface area contributed by atoms with Crippen molar-refractivity contribution in [2.24, 2.45) is 5.92 Å². The molecular formula is C25H26N4O3S2. The predicted octanol–water partition coefficient (Wildman–Crippen LogP) is 5.00. The Hall–Kier alpha value is -3.14. The number of benzene rings is 3. The summed E-state index contributed by atoms with van der Waals surface area (Å²) in [7, 11) is -3.96. The van der Waals surface area contributed by atoms with Gasteiger partial charge in [-0.3, -0.25) is 10.1 Å². The summed E-state index contributed by atoms with van der Waals surface area (Å²) in [4.78, 5) is 13.3. The lowest BCUT2D eigenvalue weighted by atomic mass is 9.99. The highest BCUT2D eigenvalue weighted by molar-refractivity contribution is 7.89. The van der Waals surface area contributed by atoms with Gasteiger partial charge in [0.25, 0.3) is 0 Å². The summed E-state index contributed by atoms with van der Waals surface area (Å²) in [6, 6.07) is 19.2. The normalized spacial score (nSPS) is 13.5. The fourth-order valence-electron chi connectivity index (χ4n) is 3.68. The van der Waals surface area contributed by atoms with Gasteiger partial charge in [-0.2, -0.15) is 4.72 Å². The van der Waals surface area contributed by atoms with Crippen molar-refractivity contribution in [3.63, 3.8) is 0 Å². The van der Waals surface area contributed by atoms with Crippen molar-refractivity contribution in [3.8, 4) is 10.6 Å². The van der Waals surface area contributed by atoms with E-state index in [1.54, 1.807) is 24.3 Å². The molecule has 0 aliphatic heterocycles. The molecule has 7 nitrogen and oxygen atoms in total. The maximum atomic E-state index is 13.3. The molecule has 0 radical (unpaired) electrons. The summed E-state index contributed by atoms with van der Waals surface area (Å²) in [5.41, 5.74) is 2.01. The number of aryl methyl sites for hydroxylation is 1. The molecular weight excluding hydrogens is 468 g/mol. The fraction of sp³-hybridized carbons (Fsp3) is 0.240. The first kappa shape index (κ1) is 24.0. The highest BCUT2D eigenvalue weighted by Gasteiger charge is 2.31. The Morgan fingerprint density at radius 1 is 1.03 bits per heavy atom. The lowest BCUT2D eigenvalue weighted by Gasteiger charge is -2.23. The number of hydrogen-bond donors (Lipinski definition) is 2. The molecule has 0 bridgehead atoms. The minimum atomic E-state index is -3.96. The summed E-state index contributed by atoms with van der Waals surface area (Å²) in [5, 5.41) is 13.4. The van der Waals surface area contributed by atoms with Gasteiger partial charge in [-0.1, -0.05) is 91.8 Å². The van der Waals surface area contributed by atoms with Crippen LogP contribution in [0.3, 0.4) is 0 Å². The third-order valence-corrected chi connectivity index (χ3v) is 8.12. The van der Waals surface area contributed by atoms with Gasteiger partial charge in [0.1, 0.15) is 11.0 Å². The van der Waals surface area contributed by atoms with Gasteiger partial charge in [-0.15, -0.1) is 10.2 Å². The number of nitrogens with one attached hydrogen (secondary N) is 2. The first-order valence-electron chi connectivity index (χ1n) is 11.0. The Labute approximate surface area is 203 Å². The van der Waals surface area contributed by atoms with Crippen molar-refractivity contribution in [3.05, 3.63) is 72.3 Å². The molecule has 2 N–H and O–H groups in total. The largest absolute Gasteiger partial charge is 0.299 e. The highest BCUT2D eigenvalue weighted by atomic mass is 32.2. The molecule has 0 saturated carbocycles. The van der Waals surface area contributed by atoms with Crippen LogP contribution < -0.4 is 10.0 Å². The van der Waals surface area contributed by atoms with Crippen molar-refractivity contribution in [2.45, 2.75) is 38.1 Å². The minimum Gasteiger partial charge on any atom is -0.299 e. The SMILES string of the molecule is CCC(C)C(NS(=O)(=O)c1cccc2ccccc12)C(=O)Nc1nnc(-c2cccc(C)c2)s1. The number of carbonyl (C=O) groups is 1. The molecule has 0 spiro atoms. The molecule has 0 saturated heterocycles. The van der Waals surface area contributed by atoms with Gasteiger partial charge in [-0.25, -0.2) is 8.42 Å². The maximum Gasteiger partial charge on any atom is 0.244 e. The van der Waals surface area contributed by atoms with Crippen LogP contribution in [-0.4, -0.2) is 30.6 Å². The molecule has 4 rings (SSSR count). The summed E-state index contributed by atoms with van der Waals surface area (Å²) in [6.07, 6.45) is 0.612. The van der Waals surface area contributed by atoms with E-state index in [0.717, 1.165) is 16.5 Å². The quantitative estimate of drug-likeness (QED) is 0.359. The summed E-state index contributed by atoms with van der Waals surface area (Å²) in [5.74, 6) is -0.709. The van der Waals surface area contributed by atoms with Crippen LogP contribution in [0, 0.1) is 12.8 Å². The third-order valence-electron chi connectivity index (χ3n) is 5.74. The second kappa shape index (κ2) is 10.0. The van der Waals surface area contributed by atoms with Crippen LogP contribution in [0.5, 0.6) is 0 Å². The van der Waals surface area contributed by atoms with E-state index in [0.29, 0.717) is 21.9 Å². The van der Waals surface area contributed by atoms with Crippen LogP contribution >= 0.6 is 11.3 Å². The molecule has 34 heavy (non-hydrogen) atoms. The topological polar surface area (TPSA) is 101 Å². The molecule has 1 heterocycles. The number of carbonyl (C=O) groups excluding carboxylic acids is 1. The molecule has 1 aromatic heterocycles. The number of rotatable bonds is 8. The van der Waals surface area contributed by atoms with E-state index in [1.807, 2.05) is 63.2 Å². The Balaban J connectivity index is 1.58. The lowest BCUT2D eigenvalue weighted by Crippen LogP contribution is -2.47. The molecule has 176 valence electrons. The Morgan fingerprint density at radius 2 is 1.76 bits per heavy atom. The highest BCUT2D eigenvalue weighted by Crippen LogP contribution is 2.28. The van der Waals surface area contributed by atoms with Crippen molar-refractivity contribution in [1.82, 2.24) is 14.9 Å². The fourth-order valence-corrected chi connectivity index (χ4v) is 5.95. The molecule has 0 aliphatic carbocycles. The number of fused-ring (bicyclic) bond motifs is 1. The van der Waals surface area contributed by atoms with Gasteiger partial charge in [0.05, 0.1) is 4.90 Å². The van der Waals surface area contributed by atoms with Crippen LogP contribution in [0.1, 0.15) is 25.8 Å². The van der Waals surface area contributed by atoms with Crippen molar-refractivity contribution < 1.29 is 13.2 Å². The van der Waals surface area contributed by atoms with Crippen LogP contribution in [0.4, 0.5) is 5.13 Å². The van der Waals surface area contributed by atoms with E-state index in [4.69, 9.17) is 0 Å². The zero-order chi connectivity index (χ0) is 24.3. The van der Waals surface area contributed by atoms with Crippen LogP contribution in [0.2, 0.25) is 0 Å². The lowest BCUT2D eigenvalue weighted by molar-refractivity contribution is -0.118. The van der Waals surface area contributed by atoms with Crippen LogP contribution in [0.25, 0.3) is 21.3 Å². The monoisotopic (exact) mass is 494 g/mol. The predicted molar refractivity (Wildman–Crippen MR) is 136 cm³/mol. The maximum absolute atomic E-state index is 13.3. The first-order chi connectivity index (χ1) is 16.3. The van der Waals surface area contributed by atoms with E-state index in [1.165, 1.54) is 11.3 Å². The van der Waals surface area contributed by atoms with Gasteiger partial charge in [0.2, 0.25) is 21.1 Å². The zero-order valence-electron chi connectivity index (χ0n) is 19.1. The van der Waals surface area contributed by atoms with Crippen LogP contribution in [-0.2, 0) is 14.8 Å². The molecule has 3 aromatic carbocycles. The standard InChI is InChI=1S/C25H26N4O3S2/c1-4-17(3)22(29-34(31,32)21-14-8-11-18-10-5-6-13-20(18)21)23(30)26-25-28-27-24(33-25)19-12-7-9-16(2)15-19/h5-15,17,22,29H,4H2,1-3H3,(H,26,28,30). The molecule has 1 amide bonds. The summed E-state index contributed by atoms with van der Waals surface area (Å²) >= 11 is 1.24. The van der Waals surface area contributed by atoms with Crippen molar-refractivity contribution in [2.75, 3.05) is 5.32 Å². The van der Waals surface area contributed by atoms with E-state index >= 15 is 0 Å². The summed E-state index contributed by atoms with van der Waals surface area (Å²) in [6.45, 7) is 5.75. The number of nitrogens with zero attached hydrogens (tertiary/aromatic N) is 2. The average Bonchev–Trinajstić information content (AvgIpc) is 3.30. The Kier molecular flexibility index (Phi) is 7.06. The van der Waals surface area contributed by atoms with E-state index in [9.17, 15) is 13.2 Å². The van der Waals surface area contributed by atoms with Crippen LogP contribution in [0.15, 0.2) is 71.6 Å². The van der Waals surface area contributed by atoms with E-state index < -0.39 is 22.0 Å². The van der Waals surface area contributed by atoms with Gasteiger partial charge in [0, 0.05) is 10.9 Å². The van der Waals surface area contributed by atoms with Gasteiger partial charge >= 0.3 is 0 Å². The number of anilines is 1. The average molecular weight is 495 g/mol. The summed E-state index contributed by atoms with van der Waals surface area (Å²) < 4.78 is 29.3. The second-order valence-corrected chi connectivity index (χ2v) is 10.9. The molecule has 0 fully saturated rings. The zero-order valence-corrected chi connectivity index (χ0v) is 20.8. The number of hydrogen-bond acceptors (Lipinski definition) is 6. The number of aromatic nitrogens is 2. The van der Waals surface area contributed by atoms with E-state index in [-0.39, 0.29) is 10.8 Å². The first-order valence-corrected chi connectivity index (χ1v) is 13.3. The number of amides is 1. The molecule has 0 aliphatic rings. The molecule has 9 heteroatoms.